The maximum absolute atomic E-state index is 11.9. The van der Waals surface area contributed by atoms with E-state index >= 15 is 0 Å². The van der Waals surface area contributed by atoms with E-state index in [1.54, 1.807) is 0 Å². The third kappa shape index (κ3) is 4.05. The van der Waals surface area contributed by atoms with Crippen molar-refractivity contribution in [3.63, 3.8) is 0 Å². The van der Waals surface area contributed by atoms with Gasteiger partial charge in [-0.05, 0) is 42.5 Å². The van der Waals surface area contributed by atoms with Gasteiger partial charge in [-0.15, -0.1) is 0 Å². The van der Waals surface area contributed by atoms with Crippen LogP contribution in [0.2, 0.25) is 5.02 Å². The summed E-state index contributed by atoms with van der Waals surface area (Å²) in [5, 5.41) is 14.7. The molecule has 0 spiro atoms. The van der Waals surface area contributed by atoms with Crippen LogP contribution < -0.4 is 10.6 Å². The molecule has 1 aromatic rings. The molecule has 0 aromatic heterocycles. The largest absolute Gasteiger partial charge is 0.478 e. The van der Waals surface area contributed by atoms with E-state index in [4.69, 9.17) is 16.7 Å². The first-order valence-electron chi connectivity index (χ1n) is 6.24. The van der Waals surface area contributed by atoms with Crippen LogP contribution in [0, 0.1) is 0 Å². The average Bonchev–Trinajstić information content (AvgIpc) is 2.42. The number of halogens is 1. The Balaban J connectivity index is 1.99. The Morgan fingerprint density at radius 1 is 1.30 bits per heavy atom. The van der Waals surface area contributed by atoms with Gasteiger partial charge in [-0.1, -0.05) is 11.6 Å². The zero-order valence-electron chi connectivity index (χ0n) is 10.7. The fraction of sp³-hybridized carbons (Fsp3) is 0.385. The number of urea groups is 1. The van der Waals surface area contributed by atoms with Crippen LogP contribution in [0.1, 0.15) is 23.2 Å². The van der Waals surface area contributed by atoms with Gasteiger partial charge in [0.25, 0.3) is 0 Å². The summed E-state index contributed by atoms with van der Waals surface area (Å²) < 4.78 is 0. The van der Waals surface area contributed by atoms with E-state index in [0.717, 1.165) is 24.3 Å². The van der Waals surface area contributed by atoms with Crippen molar-refractivity contribution in [2.24, 2.45) is 0 Å². The monoisotopic (exact) mass is 314 g/mol. The van der Waals surface area contributed by atoms with Crippen molar-refractivity contribution in [3.8, 4) is 0 Å². The van der Waals surface area contributed by atoms with Crippen molar-refractivity contribution < 1.29 is 14.7 Å². The summed E-state index contributed by atoms with van der Waals surface area (Å²) in [7, 11) is 0. The maximum atomic E-state index is 11.9. The second-order valence-electron chi connectivity index (χ2n) is 4.48. The molecule has 1 fully saturated rings. The Morgan fingerprint density at radius 2 is 2.00 bits per heavy atom. The van der Waals surface area contributed by atoms with Gasteiger partial charge in [-0.2, -0.15) is 11.8 Å². The van der Waals surface area contributed by atoms with Crippen molar-refractivity contribution in [1.82, 2.24) is 5.32 Å². The first-order chi connectivity index (χ1) is 9.56. The minimum Gasteiger partial charge on any atom is -0.478 e. The number of rotatable bonds is 3. The molecule has 0 bridgehead atoms. The van der Waals surface area contributed by atoms with Crippen LogP contribution in [0.15, 0.2) is 18.2 Å². The lowest BCUT2D eigenvalue weighted by atomic mass is 10.1. The van der Waals surface area contributed by atoms with Crippen LogP contribution in [-0.2, 0) is 0 Å². The van der Waals surface area contributed by atoms with E-state index in [-0.39, 0.29) is 17.6 Å². The molecule has 7 heteroatoms. The van der Waals surface area contributed by atoms with Crippen molar-refractivity contribution >= 4 is 41.1 Å². The fourth-order valence-electron chi connectivity index (χ4n) is 1.94. The molecule has 1 aliphatic rings. The molecule has 5 nitrogen and oxygen atoms in total. The Morgan fingerprint density at radius 3 is 2.65 bits per heavy atom. The first kappa shape index (κ1) is 15.0. The lowest BCUT2D eigenvalue weighted by Gasteiger charge is -2.22. The second kappa shape index (κ2) is 6.85. The van der Waals surface area contributed by atoms with Crippen LogP contribution in [-0.4, -0.2) is 34.7 Å². The number of aromatic carboxylic acids is 1. The van der Waals surface area contributed by atoms with E-state index in [9.17, 15) is 9.59 Å². The summed E-state index contributed by atoms with van der Waals surface area (Å²) in [5.74, 6) is 1.02. The van der Waals surface area contributed by atoms with Crippen LogP contribution in [0.5, 0.6) is 0 Å². The summed E-state index contributed by atoms with van der Waals surface area (Å²) in [5.41, 5.74) is 0.382. The number of carbonyl (C=O) groups is 2. The number of carbonyl (C=O) groups excluding carboxylic acids is 1. The maximum Gasteiger partial charge on any atom is 0.335 e. The molecule has 20 heavy (non-hydrogen) atoms. The lowest BCUT2D eigenvalue weighted by Crippen LogP contribution is -2.40. The van der Waals surface area contributed by atoms with Gasteiger partial charge in [0.05, 0.1) is 16.3 Å². The number of thioether (sulfide) groups is 1. The summed E-state index contributed by atoms with van der Waals surface area (Å²) >= 11 is 7.83. The topological polar surface area (TPSA) is 78.4 Å². The van der Waals surface area contributed by atoms with Gasteiger partial charge in [0, 0.05) is 6.04 Å². The SMILES string of the molecule is O=C(Nc1cc(C(=O)O)ccc1Cl)NC1CCSCC1. The van der Waals surface area contributed by atoms with Crippen LogP contribution in [0.3, 0.4) is 0 Å². The highest BCUT2D eigenvalue weighted by molar-refractivity contribution is 7.99. The third-order valence-corrected chi connectivity index (χ3v) is 4.40. The summed E-state index contributed by atoms with van der Waals surface area (Å²) in [6.45, 7) is 0. The van der Waals surface area contributed by atoms with E-state index in [1.807, 2.05) is 11.8 Å². The van der Waals surface area contributed by atoms with Gasteiger partial charge in [-0.3, -0.25) is 0 Å². The average molecular weight is 315 g/mol. The molecule has 1 saturated heterocycles. The molecule has 0 radical (unpaired) electrons. The number of carboxylic acid groups (broad SMARTS) is 1. The molecule has 0 unspecified atom stereocenters. The number of nitrogens with one attached hydrogen (secondary N) is 2. The quantitative estimate of drug-likeness (QED) is 0.801. The molecule has 0 saturated carbocycles. The van der Waals surface area contributed by atoms with Gasteiger partial charge >= 0.3 is 12.0 Å². The summed E-state index contributed by atoms with van der Waals surface area (Å²) in [6.07, 6.45) is 1.89. The first-order valence-corrected chi connectivity index (χ1v) is 7.77. The molecule has 2 rings (SSSR count). The Kier molecular flexibility index (Phi) is 5.14. The van der Waals surface area contributed by atoms with Gasteiger partial charge < -0.3 is 15.7 Å². The number of benzene rings is 1. The molecule has 1 aromatic carbocycles. The normalized spacial score (nSPS) is 15.7. The van der Waals surface area contributed by atoms with Crippen LogP contribution in [0.25, 0.3) is 0 Å². The Labute approximate surface area is 126 Å². The van der Waals surface area contributed by atoms with E-state index in [0.29, 0.717) is 10.7 Å². The minimum atomic E-state index is -1.06. The summed E-state index contributed by atoms with van der Waals surface area (Å²) in [6, 6.07) is 4.01. The second-order valence-corrected chi connectivity index (χ2v) is 6.12. The Bertz CT molecular complexity index is 518. The molecule has 3 N–H and O–H groups in total. The highest BCUT2D eigenvalue weighted by Gasteiger charge is 2.17. The van der Waals surface area contributed by atoms with E-state index in [2.05, 4.69) is 10.6 Å². The van der Waals surface area contributed by atoms with Crippen molar-refractivity contribution in [2.75, 3.05) is 16.8 Å². The zero-order chi connectivity index (χ0) is 14.5. The standard InChI is InChI=1S/C13H15ClN2O3S/c14-10-2-1-8(12(17)18)7-11(10)16-13(19)15-9-3-5-20-6-4-9/h1-2,7,9H,3-6H2,(H,17,18)(H2,15,16,19). The number of carboxylic acids is 1. The van der Waals surface area contributed by atoms with Gasteiger partial charge in [0.2, 0.25) is 0 Å². The van der Waals surface area contributed by atoms with E-state index < -0.39 is 5.97 Å². The molecule has 0 aliphatic carbocycles. The fourth-order valence-corrected chi connectivity index (χ4v) is 3.21. The van der Waals surface area contributed by atoms with Gasteiger partial charge in [-0.25, -0.2) is 9.59 Å². The van der Waals surface area contributed by atoms with Gasteiger partial charge in [0.1, 0.15) is 0 Å². The minimum absolute atomic E-state index is 0.0822. The summed E-state index contributed by atoms with van der Waals surface area (Å²) in [4.78, 5) is 22.8. The highest BCUT2D eigenvalue weighted by Crippen LogP contribution is 2.23. The molecule has 0 atom stereocenters. The van der Waals surface area contributed by atoms with Crippen LogP contribution in [0.4, 0.5) is 10.5 Å². The predicted molar refractivity (Wildman–Crippen MR) is 80.9 cm³/mol. The zero-order valence-corrected chi connectivity index (χ0v) is 12.3. The number of hydrogen-bond donors (Lipinski definition) is 3. The van der Waals surface area contributed by atoms with E-state index in [1.165, 1.54) is 18.2 Å². The van der Waals surface area contributed by atoms with Gasteiger partial charge in [0.15, 0.2) is 0 Å². The van der Waals surface area contributed by atoms with Crippen molar-refractivity contribution in [1.29, 1.82) is 0 Å². The molecular formula is C13H15ClN2O3S. The lowest BCUT2D eigenvalue weighted by molar-refractivity contribution is 0.0697. The third-order valence-electron chi connectivity index (χ3n) is 3.02. The number of anilines is 1. The number of amides is 2. The molecular weight excluding hydrogens is 300 g/mol. The van der Waals surface area contributed by atoms with Crippen LogP contribution >= 0.6 is 23.4 Å². The number of hydrogen-bond acceptors (Lipinski definition) is 3. The molecule has 1 heterocycles. The molecule has 2 amide bonds. The predicted octanol–water partition coefficient (Wildman–Crippen LogP) is 3.06. The van der Waals surface area contributed by atoms with Crippen molar-refractivity contribution in [3.05, 3.63) is 28.8 Å². The highest BCUT2D eigenvalue weighted by atomic mass is 35.5. The Hall–Kier alpha value is -1.40. The van der Waals surface area contributed by atoms with Crippen molar-refractivity contribution in [2.45, 2.75) is 18.9 Å². The smallest absolute Gasteiger partial charge is 0.335 e. The molecule has 1 aliphatic heterocycles. The molecule has 108 valence electrons.